The molecule has 0 bridgehead atoms. The highest BCUT2D eigenvalue weighted by Gasteiger charge is 2.32. The highest BCUT2D eigenvalue weighted by molar-refractivity contribution is 7.92. The van der Waals surface area contributed by atoms with Crippen LogP contribution in [0, 0.1) is 6.92 Å². The Kier molecular flexibility index (Phi) is 10.8. The fourth-order valence-electron chi connectivity index (χ4n) is 4.15. The summed E-state index contributed by atoms with van der Waals surface area (Å²) in [6, 6.07) is 10.8. The number of nitrogens with one attached hydrogen (secondary N) is 1. The third-order valence-corrected chi connectivity index (χ3v) is 7.06. The van der Waals surface area contributed by atoms with Crippen molar-refractivity contribution in [2.45, 2.75) is 71.8 Å². The summed E-state index contributed by atoms with van der Waals surface area (Å²) < 4.78 is 65.2. The van der Waals surface area contributed by atoms with Crippen LogP contribution in [0.3, 0.4) is 0 Å². The van der Waals surface area contributed by atoms with Crippen LogP contribution in [0.2, 0.25) is 0 Å². The van der Waals surface area contributed by atoms with Crippen LogP contribution >= 0.6 is 0 Å². The van der Waals surface area contributed by atoms with Crippen LogP contribution in [0.1, 0.15) is 56.7 Å². The van der Waals surface area contributed by atoms with Crippen LogP contribution in [0.5, 0.6) is 0 Å². The SMILES string of the molecule is CCC(C(=O)NC(C)C)N(Cc1cccc(C)c1)C(=O)CCCN(c1cccc(C(F)(F)F)c1)S(C)(=O)=O. The maximum absolute atomic E-state index is 13.4. The van der Waals surface area contributed by atoms with Crippen LogP contribution in [0.25, 0.3) is 0 Å². The average molecular weight is 556 g/mol. The summed E-state index contributed by atoms with van der Waals surface area (Å²) in [6.07, 6.45) is -3.40. The lowest BCUT2D eigenvalue weighted by molar-refractivity contribution is -0.141. The highest BCUT2D eigenvalue weighted by atomic mass is 32.2. The number of halogens is 3. The summed E-state index contributed by atoms with van der Waals surface area (Å²) in [5, 5.41) is 2.85. The predicted molar refractivity (Wildman–Crippen MR) is 142 cm³/mol. The molecule has 2 amide bonds. The first kappa shape index (κ1) is 31.1. The van der Waals surface area contributed by atoms with Crippen molar-refractivity contribution in [1.29, 1.82) is 0 Å². The number of hydrogen-bond acceptors (Lipinski definition) is 4. The van der Waals surface area contributed by atoms with Crippen molar-refractivity contribution in [3.05, 3.63) is 65.2 Å². The third-order valence-electron chi connectivity index (χ3n) is 5.87. The topological polar surface area (TPSA) is 86.8 Å². The number of benzene rings is 2. The summed E-state index contributed by atoms with van der Waals surface area (Å²) in [4.78, 5) is 27.8. The number of aryl methyl sites for hydroxylation is 1. The first-order chi connectivity index (χ1) is 17.6. The molecule has 0 fully saturated rings. The van der Waals surface area contributed by atoms with Crippen LogP contribution in [0.4, 0.5) is 18.9 Å². The summed E-state index contributed by atoms with van der Waals surface area (Å²) >= 11 is 0. The number of hydrogen-bond donors (Lipinski definition) is 1. The average Bonchev–Trinajstić information content (AvgIpc) is 2.80. The van der Waals surface area contributed by atoms with E-state index in [1.54, 1.807) is 6.92 Å². The number of alkyl halides is 3. The minimum atomic E-state index is -4.63. The molecule has 11 heteroatoms. The summed E-state index contributed by atoms with van der Waals surface area (Å²) in [6.45, 7) is 7.37. The fraction of sp³-hybridized carbons (Fsp3) is 0.481. The molecule has 0 aliphatic heterocycles. The summed E-state index contributed by atoms with van der Waals surface area (Å²) in [7, 11) is -3.92. The lowest BCUT2D eigenvalue weighted by Crippen LogP contribution is -2.50. The van der Waals surface area contributed by atoms with Gasteiger partial charge in [0.05, 0.1) is 17.5 Å². The van der Waals surface area contributed by atoms with Crippen molar-refractivity contribution in [3.63, 3.8) is 0 Å². The normalized spacial score (nSPS) is 12.8. The van der Waals surface area contributed by atoms with Crippen LogP contribution in [-0.4, -0.2) is 50.0 Å². The fourth-order valence-corrected chi connectivity index (χ4v) is 5.11. The second-order valence-corrected chi connectivity index (χ2v) is 11.5. The van der Waals surface area contributed by atoms with Crippen molar-refractivity contribution in [2.24, 2.45) is 0 Å². The van der Waals surface area contributed by atoms with Gasteiger partial charge >= 0.3 is 6.18 Å². The first-order valence-electron chi connectivity index (χ1n) is 12.4. The Labute approximate surface area is 223 Å². The van der Waals surface area contributed by atoms with Gasteiger partial charge in [0.2, 0.25) is 21.8 Å². The number of carbonyl (C=O) groups is 2. The van der Waals surface area contributed by atoms with Gasteiger partial charge in [0.25, 0.3) is 0 Å². The van der Waals surface area contributed by atoms with Crippen LogP contribution in [-0.2, 0) is 32.3 Å². The Hall–Kier alpha value is -3.08. The molecule has 2 aromatic rings. The van der Waals surface area contributed by atoms with E-state index in [0.717, 1.165) is 39.9 Å². The molecule has 0 aliphatic rings. The van der Waals surface area contributed by atoms with E-state index in [2.05, 4.69) is 5.32 Å². The van der Waals surface area contributed by atoms with E-state index in [-0.39, 0.29) is 49.5 Å². The Bertz CT molecular complexity index is 1220. The summed E-state index contributed by atoms with van der Waals surface area (Å²) in [5.41, 5.74) is 0.746. The first-order valence-corrected chi connectivity index (χ1v) is 14.3. The van der Waals surface area contributed by atoms with Gasteiger partial charge in [-0.3, -0.25) is 13.9 Å². The van der Waals surface area contributed by atoms with Crippen molar-refractivity contribution in [2.75, 3.05) is 17.1 Å². The van der Waals surface area contributed by atoms with E-state index >= 15 is 0 Å². The molecule has 0 aromatic heterocycles. The van der Waals surface area contributed by atoms with Crippen LogP contribution in [0.15, 0.2) is 48.5 Å². The van der Waals surface area contributed by atoms with E-state index in [1.165, 1.54) is 11.0 Å². The zero-order valence-electron chi connectivity index (χ0n) is 22.4. The number of nitrogens with zero attached hydrogens (tertiary/aromatic N) is 2. The van der Waals surface area contributed by atoms with E-state index in [9.17, 15) is 31.2 Å². The molecule has 7 nitrogen and oxygen atoms in total. The monoisotopic (exact) mass is 555 g/mol. The second kappa shape index (κ2) is 13.1. The molecular formula is C27H36F3N3O4S. The molecule has 0 saturated heterocycles. The predicted octanol–water partition coefficient (Wildman–Crippen LogP) is 4.89. The van der Waals surface area contributed by atoms with Gasteiger partial charge in [-0.25, -0.2) is 8.42 Å². The molecule has 2 rings (SSSR count). The molecule has 1 unspecified atom stereocenters. The Morgan fingerprint density at radius 2 is 1.71 bits per heavy atom. The molecule has 1 N–H and O–H groups in total. The number of rotatable bonds is 12. The molecule has 0 saturated carbocycles. The van der Waals surface area contributed by atoms with E-state index < -0.39 is 27.8 Å². The van der Waals surface area contributed by atoms with Gasteiger partial charge in [0.1, 0.15) is 6.04 Å². The number of amides is 2. The highest BCUT2D eigenvalue weighted by Crippen LogP contribution is 2.32. The summed E-state index contributed by atoms with van der Waals surface area (Å²) in [5.74, 6) is -0.639. The molecule has 1 atom stereocenters. The van der Waals surface area contributed by atoms with Crippen molar-refractivity contribution in [3.8, 4) is 0 Å². The molecule has 38 heavy (non-hydrogen) atoms. The molecule has 210 valence electrons. The zero-order chi connectivity index (χ0) is 28.7. The second-order valence-electron chi connectivity index (χ2n) is 9.58. The molecule has 0 radical (unpaired) electrons. The third kappa shape index (κ3) is 9.04. The Morgan fingerprint density at radius 1 is 1.05 bits per heavy atom. The lowest BCUT2D eigenvalue weighted by Gasteiger charge is -2.31. The van der Waals surface area contributed by atoms with Gasteiger partial charge < -0.3 is 10.2 Å². The molecular weight excluding hydrogens is 519 g/mol. The molecule has 0 heterocycles. The minimum Gasteiger partial charge on any atom is -0.352 e. The van der Waals surface area contributed by atoms with Crippen LogP contribution < -0.4 is 9.62 Å². The zero-order valence-corrected chi connectivity index (χ0v) is 23.2. The molecule has 0 aliphatic carbocycles. The quantitative estimate of drug-likeness (QED) is 0.404. The number of carbonyl (C=O) groups excluding carboxylic acids is 2. The Morgan fingerprint density at radius 3 is 2.26 bits per heavy atom. The van der Waals surface area contributed by atoms with Crippen molar-refractivity contribution >= 4 is 27.5 Å². The number of sulfonamides is 1. The molecule has 2 aromatic carbocycles. The maximum atomic E-state index is 13.4. The van der Waals surface area contributed by atoms with Gasteiger partial charge in [0.15, 0.2) is 0 Å². The van der Waals surface area contributed by atoms with Crippen molar-refractivity contribution < 1.29 is 31.2 Å². The van der Waals surface area contributed by atoms with Gasteiger partial charge in [0, 0.05) is 25.6 Å². The van der Waals surface area contributed by atoms with Gasteiger partial charge in [-0.05, 0) is 57.4 Å². The number of anilines is 1. The van der Waals surface area contributed by atoms with E-state index in [4.69, 9.17) is 0 Å². The van der Waals surface area contributed by atoms with E-state index in [0.29, 0.717) is 6.42 Å². The van der Waals surface area contributed by atoms with Gasteiger partial charge in [-0.1, -0.05) is 42.8 Å². The minimum absolute atomic E-state index is 0.0503. The van der Waals surface area contributed by atoms with Gasteiger partial charge in [-0.15, -0.1) is 0 Å². The smallest absolute Gasteiger partial charge is 0.352 e. The maximum Gasteiger partial charge on any atom is 0.416 e. The van der Waals surface area contributed by atoms with Gasteiger partial charge in [-0.2, -0.15) is 13.2 Å². The molecule has 0 spiro atoms. The lowest BCUT2D eigenvalue weighted by atomic mass is 10.1. The van der Waals surface area contributed by atoms with Crippen molar-refractivity contribution in [1.82, 2.24) is 10.2 Å². The Balaban J connectivity index is 2.26. The standard InChI is InChI=1S/C27H36F3N3O4S/c1-6-24(26(35)31-19(2)3)32(18-21-11-7-10-20(4)16-21)25(34)14-9-15-33(38(5,36)37)23-13-8-12-22(17-23)27(28,29)30/h7-8,10-13,16-17,19,24H,6,9,14-15,18H2,1-5H3,(H,31,35). The largest absolute Gasteiger partial charge is 0.416 e. The van der Waals surface area contributed by atoms with E-state index in [1.807, 2.05) is 45.0 Å².